The van der Waals surface area contributed by atoms with E-state index in [4.69, 9.17) is 0 Å². The molecule has 0 aliphatic heterocycles. The summed E-state index contributed by atoms with van der Waals surface area (Å²) >= 11 is 0. The summed E-state index contributed by atoms with van der Waals surface area (Å²) in [4.78, 5) is 45.9. The lowest BCUT2D eigenvalue weighted by Gasteiger charge is -2.16. The zero-order valence-electron chi connectivity index (χ0n) is 14.6. The van der Waals surface area contributed by atoms with E-state index in [9.17, 15) is 19.2 Å². The number of rotatable bonds is 9. The number of amides is 1. The third-order valence-electron chi connectivity index (χ3n) is 3.85. The Morgan fingerprint density at radius 1 is 1.12 bits per heavy atom. The van der Waals surface area contributed by atoms with Crippen LogP contribution < -0.4 is 5.32 Å². The van der Waals surface area contributed by atoms with Crippen LogP contribution in [0.25, 0.3) is 0 Å². The Bertz CT molecular complexity index is 610. The smallest absolute Gasteiger partial charge is 0.328 e. The highest BCUT2D eigenvalue weighted by atomic mass is 16.5. The maximum Gasteiger partial charge on any atom is 0.328 e. The lowest BCUT2D eigenvalue weighted by molar-refractivity contribution is -0.144. The molecule has 7 heteroatoms. The first-order chi connectivity index (χ1) is 11.9. The van der Waals surface area contributed by atoms with Gasteiger partial charge in [0.05, 0.1) is 14.2 Å². The van der Waals surface area contributed by atoms with Gasteiger partial charge in [-0.05, 0) is 30.0 Å². The number of ether oxygens (including phenoxy) is 2. The summed E-state index contributed by atoms with van der Waals surface area (Å²) in [5, 5.41) is 2.56. The third kappa shape index (κ3) is 6.37. The van der Waals surface area contributed by atoms with Gasteiger partial charge in [-0.1, -0.05) is 19.1 Å². The molecule has 0 fully saturated rings. The molecule has 0 spiro atoms. The van der Waals surface area contributed by atoms with Crippen molar-refractivity contribution in [3.8, 4) is 0 Å². The molecule has 0 aromatic heterocycles. The number of carbonyl (C=O) groups excluding carboxylic acids is 4. The van der Waals surface area contributed by atoms with Crippen LogP contribution in [-0.4, -0.2) is 44.4 Å². The number of hydrogen-bond acceptors (Lipinski definition) is 6. The number of esters is 2. The fraction of sp³-hybridized carbons (Fsp3) is 0.444. The van der Waals surface area contributed by atoms with E-state index in [0.717, 1.165) is 11.8 Å². The Morgan fingerprint density at radius 2 is 1.76 bits per heavy atom. The summed E-state index contributed by atoms with van der Waals surface area (Å²) in [6.45, 7) is 1.92. The van der Waals surface area contributed by atoms with Crippen LogP contribution in [0, 0.1) is 0 Å². The molecule has 0 radical (unpaired) electrons. The Hall–Kier alpha value is -2.70. The van der Waals surface area contributed by atoms with Gasteiger partial charge >= 0.3 is 11.9 Å². The van der Waals surface area contributed by atoms with Crippen molar-refractivity contribution >= 4 is 24.1 Å². The maximum absolute atomic E-state index is 12.3. The molecular weight excluding hydrogens is 326 g/mol. The van der Waals surface area contributed by atoms with E-state index < -0.39 is 23.9 Å². The molecule has 1 aromatic rings. The van der Waals surface area contributed by atoms with Gasteiger partial charge in [0, 0.05) is 18.4 Å². The average Bonchev–Trinajstić information content (AvgIpc) is 2.64. The van der Waals surface area contributed by atoms with Crippen molar-refractivity contribution in [3.05, 3.63) is 35.4 Å². The van der Waals surface area contributed by atoms with E-state index in [1.54, 1.807) is 24.3 Å². The van der Waals surface area contributed by atoms with E-state index >= 15 is 0 Å². The third-order valence-corrected chi connectivity index (χ3v) is 3.85. The van der Waals surface area contributed by atoms with Crippen LogP contribution in [0.1, 0.15) is 48.0 Å². The number of methoxy groups -OCH3 is 2. The van der Waals surface area contributed by atoms with Crippen molar-refractivity contribution < 1.29 is 28.7 Å². The summed E-state index contributed by atoms with van der Waals surface area (Å²) in [5.74, 6) is -1.49. The standard InChI is InChI=1S/C18H23NO6/c1-12(10-11-20)13-4-6-14(7-5-13)17(22)19-15(18(23)25-3)8-9-16(21)24-2/h4-7,11-12,15H,8-10H2,1-3H3,(H,19,22)/t12?,15-/m0/s1. The lowest BCUT2D eigenvalue weighted by atomic mass is 9.97. The van der Waals surface area contributed by atoms with Crippen LogP contribution in [-0.2, 0) is 23.9 Å². The second kappa shape index (κ2) is 10.2. The second-order valence-electron chi connectivity index (χ2n) is 5.59. The molecular formula is C18H23NO6. The predicted molar refractivity (Wildman–Crippen MR) is 90.1 cm³/mol. The molecule has 1 amide bonds. The van der Waals surface area contributed by atoms with E-state index in [-0.39, 0.29) is 18.8 Å². The highest BCUT2D eigenvalue weighted by Gasteiger charge is 2.23. The number of hydrogen-bond donors (Lipinski definition) is 1. The normalized spacial score (nSPS) is 12.6. The summed E-state index contributed by atoms with van der Waals surface area (Å²) in [6, 6.07) is 5.85. The topological polar surface area (TPSA) is 98.8 Å². The summed E-state index contributed by atoms with van der Waals surface area (Å²) in [6.07, 6.45) is 1.33. The molecule has 0 saturated carbocycles. The quantitative estimate of drug-likeness (QED) is 0.537. The van der Waals surface area contributed by atoms with Crippen molar-refractivity contribution in [1.29, 1.82) is 0 Å². The van der Waals surface area contributed by atoms with Crippen molar-refractivity contribution in [3.63, 3.8) is 0 Å². The first-order valence-electron chi connectivity index (χ1n) is 7.92. The molecule has 25 heavy (non-hydrogen) atoms. The van der Waals surface area contributed by atoms with Crippen molar-refractivity contribution in [2.24, 2.45) is 0 Å². The van der Waals surface area contributed by atoms with E-state index in [1.807, 2.05) is 6.92 Å². The summed E-state index contributed by atoms with van der Waals surface area (Å²) in [7, 11) is 2.46. The van der Waals surface area contributed by atoms with Crippen molar-refractivity contribution in [1.82, 2.24) is 5.32 Å². The van der Waals surface area contributed by atoms with Crippen LogP contribution in [0.3, 0.4) is 0 Å². The van der Waals surface area contributed by atoms with Crippen LogP contribution in [0.5, 0.6) is 0 Å². The minimum Gasteiger partial charge on any atom is -0.469 e. The molecule has 136 valence electrons. The van der Waals surface area contributed by atoms with E-state index in [0.29, 0.717) is 12.0 Å². The summed E-state index contributed by atoms with van der Waals surface area (Å²) in [5.41, 5.74) is 1.31. The van der Waals surface area contributed by atoms with Gasteiger partial charge in [0.25, 0.3) is 5.91 Å². The van der Waals surface area contributed by atoms with Crippen LogP contribution >= 0.6 is 0 Å². The summed E-state index contributed by atoms with van der Waals surface area (Å²) < 4.78 is 9.18. The van der Waals surface area contributed by atoms with Crippen LogP contribution in [0.2, 0.25) is 0 Å². The van der Waals surface area contributed by atoms with Crippen molar-refractivity contribution in [2.45, 2.75) is 38.1 Å². The Balaban J connectivity index is 2.76. The molecule has 0 heterocycles. The predicted octanol–water partition coefficient (Wildman–Crippen LogP) is 1.60. The molecule has 1 rings (SSSR count). The highest BCUT2D eigenvalue weighted by Crippen LogP contribution is 2.18. The molecule has 0 saturated heterocycles. The first kappa shape index (κ1) is 20.3. The fourth-order valence-electron chi connectivity index (χ4n) is 2.24. The molecule has 0 aliphatic carbocycles. The number of nitrogens with one attached hydrogen (secondary N) is 1. The Kier molecular flexibility index (Phi) is 8.32. The van der Waals surface area contributed by atoms with Gasteiger partial charge in [0.2, 0.25) is 0 Å². The Morgan fingerprint density at radius 3 is 2.28 bits per heavy atom. The van der Waals surface area contributed by atoms with Crippen molar-refractivity contribution in [2.75, 3.05) is 14.2 Å². The minimum atomic E-state index is -0.940. The number of benzene rings is 1. The zero-order valence-corrected chi connectivity index (χ0v) is 14.6. The van der Waals surface area contributed by atoms with Gasteiger partial charge in [-0.25, -0.2) is 4.79 Å². The van der Waals surface area contributed by atoms with Crippen LogP contribution in [0.15, 0.2) is 24.3 Å². The maximum atomic E-state index is 12.3. The minimum absolute atomic E-state index is 0.0152. The number of aldehydes is 1. The molecule has 2 atom stereocenters. The molecule has 1 N–H and O–H groups in total. The Labute approximate surface area is 146 Å². The van der Waals surface area contributed by atoms with Gasteiger partial charge in [0.15, 0.2) is 0 Å². The largest absolute Gasteiger partial charge is 0.469 e. The second-order valence-corrected chi connectivity index (χ2v) is 5.59. The van der Waals surface area contributed by atoms with Gasteiger partial charge in [0.1, 0.15) is 12.3 Å². The molecule has 7 nitrogen and oxygen atoms in total. The molecule has 1 unspecified atom stereocenters. The van der Waals surface area contributed by atoms with Gasteiger partial charge in [-0.15, -0.1) is 0 Å². The SMILES string of the molecule is COC(=O)CC[C@H](NC(=O)c1ccc(C(C)CC=O)cc1)C(=O)OC. The molecule has 0 bridgehead atoms. The zero-order chi connectivity index (χ0) is 18.8. The van der Waals surface area contributed by atoms with E-state index in [1.165, 1.54) is 14.2 Å². The van der Waals surface area contributed by atoms with Gasteiger partial charge in [-0.3, -0.25) is 9.59 Å². The monoisotopic (exact) mass is 349 g/mol. The van der Waals surface area contributed by atoms with Gasteiger partial charge < -0.3 is 19.6 Å². The highest BCUT2D eigenvalue weighted by molar-refractivity contribution is 5.96. The first-order valence-corrected chi connectivity index (χ1v) is 7.92. The van der Waals surface area contributed by atoms with Gasteiger partial charge in [-0.2, -0.15) is 0 Å². The van der Waals surface area contributed by atoms with Crippen LogP contribution in [0.4, 0.5) is 0 Å². The average molecular weight is 349 g/mol. The fourth-order valence-corrected chi connectivity index (χ4v) is 2.24. The van der Waals surface area contributed by atoms with E-state index in [2.05, 4.69) is 14.8 Å². The number of carbonyl (C=O) groups is 4. The molecule has 1 aromatic carbocycles. The molecule has 0 aliphatic rings. The lowest BCUT2D eigenvalue weighted by Crippen LogP contribution is -2.41.